The Balaban J connectivity index is 1.39. The van der Waals surface area contributed by atoms with Crippen LogP contribution >= 0.6 is 0 Å². The first-order chi connectivity index (χ1) is 11.9. The van der Waals surface area contributed by atoms with Gasteiger partial charge in [0.15, 0.2) is 0 Å². The van der Waals surface area contributed by atoms with Crippen LogP contribution in [0.15, 0.2) is 18.3 Å². The standard InChI is InChI=1S/C20H27N3O2/c1-12-3-4-21-17(5-12)23-18(24)13(2)22-19(25)20-9-14-6-15(10-20)8-16(7-14)11-20/h3-5,13-16H,6-11H2,1-2H3,(H,22,25)(H,21,23,24)/t13-,14?,15?,16?,20?/m0/s1. The van der Waals surface area contributed by atoms with Crippen LogP contribution in [0.25, 0.3) is 0 Å². The number of aryl methyl sites for hydroxylation is 1. The molecule has 0 aliphatic heterocycles. The molecule has 134 valence electrons. The van der Waals surface area contributed by atoms with E-state index in [1.807, 2.05) is 19.1 Å². The number of carbonyl (C=O) groups excluding carboxylic acids is 2. The summed E-state index contributed by atoms with van der Waals surface area (Å²) in [6, 6.07) is 3.15. The van der Waals surface area contributed by atoms with Crippen molar-refractivity contribution in [3.63, 3.8) is 0 Å². The summed E-state index contributed by atoms with van der Waals surface area (Å²) in [6.07, 6.45) is 8.63. The highest BCUT2D eigenvalue weighted by atomic mass is 16.2. The van der Waals surface area contributed by atoms with E-state index in [1.54, 1.807) is 13.1 Å². The van der Waals surface area contributed by atoms with Gasteiger partial charge in [0.1, 0.15) is 11.9 Å². The number of rotatable bonds is 4. The van der Waals surface area contributed by atoms with Crippen LogP contribution in [0, 0.1) is 30.1 Å². The van der Waals surface area contributed by atoms with Gasteiger partial charge in [0.05, 0.1) is 0 Å². The van der Waals surface area contributed by atoms with Gasteiger partial charge in [-0.25, -0.2) is 4.98 Å². The summed E-state index contributed by atoms with van der Waals surface area (Å²) in [5.74, 6) is 2.57. The van der Waals surface area contributed by atoms with Gasteiger partial charge in [-0.05, 0) is 87.8 Å². The summed E-state index contributed by atoms with van der Waals surface area (Å²) in [5, 5.41) is 5.79. The van der Waals surface area contributed by atoms with Gasteiger partial charge in [-0.3, -0.25) is 9.59 Å². The molecular formula is C20H27N3O2. The maximum atomic E-state index is 13.0. The van der Waals surface area contributed by atoms with Crippen LogP contribution in [0.2, 0.25) is 0 Å². The number of pyridine rings is 1. The molecular weight excluding hydrogens is 314 g/mol. The Morgan fingerprint density at radius 3 is 2.32 bits per heavy atom. The van der Waals surface area contributed by atoms with Gasteiger partial charge in [-0.2, -0.15) is 0 Å². The minimum Gasteiger partial charge on any atom is -0.344 e. The Bertz CT molecular complexity index is 665. The summed E-state index contributed by atoms with van der Waals surface area (Å²) in [4.78, 5) is 29.6. The van der Waals surface area contributed by atoms with E-state index in [0.717, 1.165) is 42.6 Å². The molecule has 1 aromatic heterocycles. The number of nitrogens with one attached hydrogen (secondary N) is 2. The topological polar surface area (TPSA) is 71.1 Å². The minimum atomic E-state index is -0.553. The first-order valence-corrected chi connectivity index (χ1v) is 9.48. The van der Waals surface area contributed by atoms with E-state index in [2.05, 4.69) is 15.6 Å². The number of nitrogens with zero attached hydrogens (tertiary/aromatic N) is 1. The van der Waals surface area contributed by atoms with Crippen LogP contribution in [0.3, 0.4) is 0 Å². The average molecular weight is 341 g/mol. The second-order valence-corrected chi connectivity index (χ2v) is 8.60. The quantitative estimate of drug-likeness (QED) is 0.884. The molecule has 1 heterocycles. The van der Waals surface area contributed by atoms with Gasteiger partial charge >= 0.3 is 0 Å². The molecule has 1 aromatic rings. The van der Waals surface area contributed by atoms with Gasteiger partial charge in [0.25, 0.3) is 0 Å². The van der Waals surface area contributed by atoms with Crippen LogP contribution in [0.1, 0.15) is 51.0 Å². The molecule has 5 heteroatoms. The first kappa shape index (κ1) is 16.6. The van der Waals surface area contributed by atoms with Crippen molar-refractivity contribution in [2.45, 2.75) is 58.4 Å². The fourth-order valence-electron chi connectivity index (χ4n) is 5.64. The van der Waals surface area contributed by atoms with E-state index < -0.39 is 6.04 Å². The largest absolute Gasteiger partial charge is 0.344 e. The summed E-state index contributed by atoms with van der Waals surface area (Å²) in [7, 11) is 0. The fraction of sp³-hybridized carbons (Fsp3) is 0.650. The molecule has 4 fully saturated rings. The molecule has 4 bridgehead atoms. The van der Waals surface area contributed by atoms with Crippen molar-refractivity contribution in [2.24, 2.45) is 23.2 Å². The van der Waals surface area contributed by atoms with E-state index in [1.165, 1.54) is 19.3 Å². The van der Waals surface area contributed by atoms with E-state index in [-0.39, 0.29) is 17.2 Å². The lowest BCUT2D eigenvalue weighted by Crippen LogP contribution is -2.56. The summed E-state index contributed by atoms with van der Waals surface area (Å²) in [5.41, 5.74) is 0.820. The SMILES string of the molecule is Cc1ccnc(NC(=O)[C@H](C)NC(=O)C23CC4CC(CC(C4)C2)C3)c1. The van der Waals surface area contributed by atoms with Crippen molar-refractivity contribution in [1.82, 2.24) is 10.3 Å². The third-order valence-corrected chi connectivity index (χ3v) is 6.43. The maximum Gasteiger partial charge on any atom is 0.247 e. The third kappa shape index (κ3) is 3.16. The number of hydrogen-bond acceptors (Lipinski definition) is 3. The molecule has 0 radical (unpaired) electrons. The number of carbonyl (C=O) groups is 2. The Morgan fingerprint density at radius 1 is 1.16 bits per heavy atom. The predicted octanol–water partition coefficient (Wildman–Crippen LogP) is 3.05. The van der Waals surface area contributed by atoms with Crippen LogP contribution in [-0.2, 0) is 9.59 Å². The van der Waals surface area contributed by atoms with Gasteiger partial charge in [-0.1, -0.05) is 0 Å². The predicted molar refractivity (Wildman–Crippen MR) is 95.8 cm³/mol. The van der Waals surface area contributed by atoms with Crippen LogP contribution in [0.4, 0.5) is 5.82 Å². The van der Waals surface area contributed by atoms with E-state index in [4.69, 9.17) is 0 Å². The lowest BCUT2D eigenvalue weighted by atomic mass is 9.49. The van der Waals surface area contributed by atoms with Crippen molar-refractivity contribution in [2.75, 3.05) is 5.32 Å². The number of anilines is 1. The van der Waals surface area contributed by atoms with E-state index in [0.29, 0.717) is 5.82 Å². The van der Waals surface area contributed by atoms with Gasteiger partial charge in [0.2, 0.25) is 11.8 Å². The van der Waals surface area contributed by atoms with E-state index >= 15 is 0 Å². The highest BCUT2D eigenvalue weighted by Gasteiger charge is 2.54. The van der Waals surface area contributed by atoms with Crippen molar-refractivity contribution in [3.8, 4) is 0 Å². The molecule has 5 rings (SSSR count). The van der Waals surface area contributed by atoms with Crippen LogP contribution < -0.4 is 10.6 Å². The van der Waals surface area contributed by atoms with Crippen molar-refractivity contribution < 1.29 is 9.59 Å². The van der Waals surface area contributed by atoms with Gasteiger partial charge in [0, 0.05) is 11.6 Å². The highest BCUT2D eigenvalue weighted by molar-refractivity contribution is 5.97. The average Bonchev–Trinajstić information content (AvgIpc) is 2.53. The van der Waals surface area contributed by atoms with E-state index in [9.17, 15) is 9.59 Å². The molecule has 5 nitrogen and oxygen atoms in total. The zero-order valence-corrected chi connectivity index (χ0v) is 15.0. The molecule has 25 heavy (non-hydrogen) atoms. The second-order valence-electron chi connectivity index (χ2n) is 8.60. The molecule has 2 amide bonds. The number of amides is 2. The molecule has 0 aromatic carbocycles. The zero-order chi connectivity index (χ0) is 17.6. The summed E-state index contributed by atoms with van der Waals surface area (Å²) >= 11 is 0. The highest BCUT2D eigenvalue weighted by Crippen LogP contribution is 2.60. The molecule has 4 aliphatic rings. The first-order valence-electron chi connectivity index (χ1n) is 9.48. The monoisotopic (exact) mass is 341 g/mol. The lowest BCUT2D eigenvalue weighted by Gasteiger charge is -2.55. The van der Waals surface area contributed by atoms with Crippen molar-refractivity contribution >= 4 is 17.6 Å². The Morgan fingerprint density at radius 2 is 1.76 bits per heavy atom. The summed E-state index contributed by atoms with van der Waals surface area (Å²) in [6.45, 7) is 3.71. The Kier molecular flexibility index (Phi) is 4.05. The molecule has 1 atom stereocenters. The smallest absolute Gasteiger partial charge is 0.247 e. The maximum absolute atomic E-state index is 13.0. The normalized spacial score (nSPS) is 33.8. The zero-order valence-electron chi connectivity index (χ0n) is 15.0. The Labute approximate surface area is 149 Å². The molecule has 0 spiro atoms. The summed E-state index contributed by atoms with van der Waals surface area (Å²) < 4.78 is 0. The van der Waals surface area contributed by atoms with Gasteiger partial charge in [-0.15, -0.1) is 0 Å². The van der Waals surface area contributed by atoms with Gasteiger partial charge < -0.3 is 10.6 Å². The second kappa shape index (κ2) is 6.11. The lowest BCUT2D eigenvalue weighted by molar-refractivity contribution is -0.147. The van der Waals surface area contributed by atoms with Crippen molar-refractivity contribution in [1.29, 1.82) is 0 Å². The number of aromatic nitrogens is 1. The molecule has 0 unspecified atom stereocenters. The molecule has 4 aliphatic carbocycles. The fourth-order valence-corrected chi connectivity index (χ4v) is 5.64. The Hall–Kier alpha value is -1.91. The third-order valence-electron chi connectivity index (χ3n) is 6.43. The molecule has 4 saturated carbocycles. The molecule has 0 saturated heterocycles. The van der Waals surface area contributed by atoms with Crippen LogP contribution in [0.5, 0.6) is 0 Å². The van der Waals surface area contributed by atoms with Crippen LogP contribution in [-0.4, -0.2) is 22.8 Å². The minimum absolute atomic E-state index is 0.0893. The number of hydrogen-bond donors (Lipinski definition) is 2. The van der Waals surface area contributed by atoms with Crippen molar-refractivity contribution in [3.05, 3.63) is 23.9 Å². The molecule has 2 N–H and O–H groups in total.